The number of hydrogen-bond acceptors (Lipinski definition) is 2. The standard InChI is InChI=1S/C12H16Br2N2/c13-9-4-5-12(11(14)7-9)16-8-10-3-1-2-6-15-10/h4-5,7,10,15-16H,1-3,6,8H2. The van der Waals surface area contributed by atoms with Crippen LogP contribution in [0.25, 0.3) is 0 Å². The summed E-state index contributed by atoms with van der Waals surface area (Å²) in [7, 11) is 0. The molecule has 0 amide bonds. The highest BCUT2D eigenvalue weighted by atomic mass is 79.9. The van der Waals surface area contributed by atoms with E-state index >= 15 is 0 Å². The summed E-state index contributed by atoms with van der Waals surface area (Å²) in [5.74, 6) is 0. The zero-order chi connectivity index (χ0) is 11.4. The Bertz CT molecular complexity index is 349. The molecule has 1 aliphatic heterocycles. The van der Waals surface area contributed by atoms with Gasteiger partial charge in [0.25, 0.3) is 0 Å². The summed E-state index contributed by atoms with van der Waals surface area (Å²) >= 11 is 7.01. The lowest BCUT2D eigenvalue weighted by molar-refractivity contribution is 0.414. The van der Waals surface area contributed by atoms with Crippen molar-refractivity contribution in [3.05, 3.63) is 27.1 Å². The van der Waals surface area contributed by atoms with Crippen LogP contribution in [0.15, 0.2) is 27.1 Å². The third-order valence-corrected chi connectivity index (χ3v) is 4.03. The minimum Gasteiger partial charge on any atom is -0.383 e. The molecule has 0 radical (unpaired) electrons. The van der Waals surface area contributed by atoms with Crippen molar-refractivity contribution in [2.24, 2.45) is 0 Å². The van der Waals surface area contributed by atoms with Crippen molar-refractivity contribution < 1.29 is 0 Å². The van der Waals surface area contributed by atoms with Gasteiger partial charge < -0.3 is 10.6 Å². The minimum absolute atomic E-state index is 0.615. The second-order valence-corrected chi connectivity index (χ2v) is 5.92. The van der Waals surface area contributed by atoms with Crippen molar-refractivity contribution in [2.75, 3.05) is 18.4 Å². The zero-order valence-electron chi connectivity index (χ0n) is 9.10. The van der Waals surface area contributed by atoms with Crippen LogP contribution in [-0.2, 0) is 0 Å². The number of piperidine rings is 1. The van der Waals surface area contributed by atoms with Crippen LogP contribution in [-0.4, -0.2) is 19.1 Å². The second kappa shape index (κ2) is 6.03. The van der Waals surface area contributed by atoms with Gasteiger partial charge in [0, 0.05) is 27.2 Å². The lowest BCUT2D eigenvalue weighted by Gasteiger charge is -2.24. The molecule has 1 aromatic rings. The molecule has 88 valence electrons. The minimum atomic E-state index is 0.615. The fraction of sp³-hybridized carbons (Fsp3) is 0.500. The average molecular weight is 348 g/mol. The predicted octanol–water partition coefficient (Wildman–Crippen LogP) is 3.77. The molecule has 0 aromatic heterocycles. The van der Waals surface area contributed by atoms with Crippen molar-refractivity contribution >= 4 is 37.5 Å². The maximum Gasteiger partial charge on any atom is 0.0485 e. The summed E-state index contributed by atoms with van der Waals surface area (Å²) in [6, 6.07) is 6.83. The maximum atomic E-state index is 3.56. The van der Waals surface area contributed by atoms with Crippen molar-refractivity contribution in [1.29, 1.82) is 0 Å². The van der Waals surface area contributed by atoms with E-state index in [1.165, 1.54) is 19.3 Å². The van der Waals surface area contributed by atoms with Crippen LogP contribution in [0.2, 0.25) is 0 Å². The largest absolute Gasteiger partial charge is 0.383 e. The summed E-state index contributed by atoms with van der Waals surface area (Å²) in [6.45, 7) is 2.16. The van der Waals surface area contributed by atoms with Crippen LogP contribution >= 0.6 is 31.9 Å². The van der Waals surface area contributed by atoms with Gasteiger partial charge in [-0.3, -0.25) is 0 Å². The number of rotatable bonds is 3. The number of hydrogen-bond donors (Lipinski definition) is 2. The second-order valence-electron chi connectivity index (χ2n) is 4.15. The van der Waals surface area contributed by atoms with Gasteiger partial charge in [-0.15, -0.1) is 0 Å². The van der Waals surface area contributed by atoms with Crippen molar-refractivity contribution in [1.82, 2.24) is 5.32 Å². The van der Waals surface area contributed by atoms with Gasteiger partial charge in [-0.2, -0.15) is 0 Å². The monoisotopic (exact) mass is 346 g/mol. The maximum absolute atomic E-state index is 3.56. The SMILES string of the molecule is Brc1ccc(NCC2CCCCN2)c(Br)c1. The normalized spacial score (nSPS) is 20.8. The molecule has 1 heterocycles. The molecule has 1 saturated heterocycles. The third kappa shape index (κ3) is 3.47. The van der Waals surface area contributed by atoms with E-state index in [-0.39, 0.29) is 0 Å². The number of nitrogens with one attached hydrogen (secondary N) is 2. The van der Waals surface area contributed by atoms with Gasteiger partial charge in [-0.25, -0.2) is 0 Å². The Balaban J connectivity index is 1.88. The molecule has 0 saturated carbocycles. The van der Waals surface area contributed by atoms with Gasteiger partial charge in [-0.05, 0) is 53.5 Å². The van der Waals surface area contributed by atoms with Crippen molar-refractivity contribution in [3.63, 3.8) is 0 Å². The highest BCUT2D eigenvalue weighted by molar-refractivity contribution is 9.11. The molecule has 0 aliphatic carbocycles. The lowest BCUT2D eigenvalue weighted by atomic mass is 10.1. The Labute approximate surface area is 113 Å². The first-order valence-electron chi connectivity index (χ1n) is 5.68. The molecule has 0 spiro atoms. The van der Waals surface area contributed by atoms with Crippen LogP contribution in [0.4, 0.5) is 5.69 Å². The molecule has 0 bridgehead atoms. The molecule has 1 unspecified atom stereocenters. The lowest BCUT2D eigenvalue weighted by Crippen LogP contribution is -2.39. The van der Waals surface area contributed by atoms with E-state index in [0.29, 0.717) is 6.04 Å². The van der Waals surface area contributed by atoms with Crippen LogP contribution in [0.5, 0.6) is 0 Å². The van der Waals surface area contributed by atoms with Crippen LogP contribution in [0.1, 0.15) is 19.3 Å². The Hall–Kier alpha value is -0.0600. The van der Waals surface area contributed by atoms with Gasteiger partial charge in [-0.1, -0.05) is 22.4 Å². The highest BCUT2D eigenvalue weighted by Gasteiger charge is 2.12. The molecular formula is C12H16Br2N2. The first-order valence-corrected chi connectivity index (χ1v) is 7.26. The molecule has 1 aromatic carbocycles. The summed E-state index contributed by atoms with van der Waals surface area (Å²) in [6.07, 6.45) is 3.94. The summed E-state index contributed by atoms with van der Waals surface area (Å²) in [5, 5.41) is 7.01. The molecule has 1 fully saturated rings. The number of benzene rings is 1. The molecule has 1 atom stereocenters. The van der Waals surface area contributed by atoms with E-state index in [4.69, 9.17) is 0 Å². The summed E-state index contributed by atoms with van der Waals surface area (Å²) < 4.78 is 2.21. The molecule has 2 rings (SSSR count). The molecule has 16 heavy (non-hydrogen) atoms. The first kappa shape index (κ1) is 12.4. The molecular weight excluding hydrogens is 332 g/mol. The summed E-state index contributed by atoms with van der Waals surface area (Å²) in [4.78, 5) is 0. The smallest absolute Gasteiger partial charge is 0.0485 e. The third-order valence-electron chi connectivity index (χ3n) is 2.88. The molecule has 2 N–H and O–H groups in total. The Morgan fingerprint density at radius 1 is 1.31 bits per heavy atom. The first-order chi connectivity index (χ1) is 7.75. The van der Waals surface area contributed by atoms with Gasteiger partial charge in [0.05, 0.1) is 0 Å². The summed E-state index contributed by atoms with van der Waals surface area (Å²) in [5.41, 5.74) is 1.16. The quantitative estimate of drug-likeness (QED) is 0.869. The fourth-order valence-electron chi connectivity index (χ4n) is 1.96. The number of anilines is 1. The topological polar surface area (TPSA) is 24.1 Å². The van der Waals surface area contributed by atoms with E-state index in [9.17, 15) is 0 Å². The fourth-order valence-corrected chi connectivity index (χ4v) is 3.15. The molecule has 2 nitrogen and oxygen atoms in total. The van der Waals surface area contributed by atoms with Crippen LogP contribution in [0, 0.1) is 0 Å². The van der Waals surface area contributed by atoms with Crippen LogP contribution < -0.4 is 10.6 Å². The molecule has 1 aliphatic rings. The van der Waals surface area contributed by atoms with E-state index in [0.717, 1.165) is 27.7 Å². The van der Waals surface area contributed by atoms with Crippen molar-refractivity contribution in [3.8, 4) is 0 Å². The van der Waals surface area contributed by atoms with E-state index in [1.807, 2.05) is 0 Å². The van der Waals surface area contributed by atoms with E-state index < -0.39 is 0 Å². The van der Waals surface area contributed by atoms with Crippen molar-refractivity contribution in [2.45, 2.75) is 25.3 Å². The Morgan fingerprint density at radius 2 is 2.19 bits per heavy atom. The average Bonchev–Trinajstić information content (AvgIpc) is 2.29. The van der Waals surface area contributed by atoms with Gasteiger partial charge in [0.2, 0.25) is 0 Å². The predicted molar refractivity (Wildman–Crippen MR) is 76.0 cm³/mol. The van der Waals surface area contributed by atoms with E-state index in [2.05, 4.69) is 60.7 Å². The van der Waals surface area contributed by atoms with Gasteiger partial charge in [0.15, 0.2) is 0 Å². The van der Waals surface area contributed by atoms with Crippen LogP contribution in [0.3, 0.4) is 0 Å². The Morgan fingerprint density at radius 3 is 2.88 bits per heavy atom. The zero-order valence-corrected chi connectivity index (χ0v) is 12.3. The van der Waals surface area contributed by atoms with Gasteiger partial charge in [0.1, 0.15) is 0 Å². The molecule has 4 heteroatoms. The van der Waals surface area contributed by atoms with E-state index in [1.54, 1.807) is 0 Å². The van der Waals surface area contributed by atoms with Gasteiger partial charge >= 0.3 is 0 Å². The number of halogens is 2. The highest BCUT2D eigenvalue weighted by Crippen LogP contribution is 2.26. The Kier molecular flexibility index (Phi) is 4.67.